The molecule has 2 fully saturated rings. The van der Waals surface area contributed by atoms with Gasteiger partial charge in [0, 0.05) is 27.5 Å². The van der Waals surface area contributed by atoms with E-state index < -0.39 is 11.6 Å². The lowest BCUT2D eigenvalue weighted by molar-refractivity contribution is -0.138. The topological polar surface area (TPSA) is 96.4 Å². The molecule has 0 saturated heterocycles. The molecule has 7 heteroatoms. The fourth-order valence-electron chi connectivity index (χ4n) is 7.02. The Balaban J connectivity index is 0.000000470. The van der Waals surface area contributed by atoms with E-state index in [1.54, 1.807) is 0 Å². The van der Waals surface area contributed by atoms with Gasteiger partial charge in [-0.2, -0.15) is 11.8 Å². The maximum absolute atomic E-state index is 11.5. The van der Waals surface area contributed by atoms with Crippen molar-refractivity contribution < 1.29 is 15.0 Å². The van der Waals surface area contributed by atoms with Gasteiger partial charge in [0.05, 0.1) is 23.2 Å². The number of carbonyl (C=O) groups is 1. The van der Waals surface area contributed by atoms with Gasteiger partial charge < -0.3 is 15.9 Å². The molecular weight excluding hydrogens is 660 g/mol. The summed E-state index contributed by atoms with van der Waals surface area (Å²) in [7, 11) is 0. The Labute approximate surface area is 307 Å². The van der Waals surface area contributed by atoms with E-state index in [0.29, 0.717) is 11.1 Å². The largest absolute Gasteiger partial charge is 0.481 e. The number of nitrogens with zero attached hydrogens (tertiary/aromatic N) is 1. The van der Waals surface area contributed by atoms with Crippen LogP contribution in [0.2, 0.25) is 5.02 Å². The number of thioether (sulfide) groups is 1. The molecule has 0 radical (unpaired) electrons. The van der Waals surface area contributed by atoms with Crippen LogP contribution in [0.15, 0.2) is 78.9 Å². The molecule has 0 aliphatic heterocycles. The summed E-state index contributed by atoms with van der Waals surface area (Å²) in [5.74, 6) is 0.954. The lowest BCUT2D eigenvalue weighted by atomic mass is 9.85. The molecule has 266 valence electrons. The number of rotatable bonds is 13. The van der Waals surface area contributed by atoms with Gasteiger partial charge >= 0.3 is 5.97 Å². The predicted molar refractivity (Wildman–Crippen MR) is 211 cm³/mol. The number of hydrogen-bond acceptors (Lipinski definition) is 5. The highest BCUT2D eigenvalue weighted by Crippen LogP contribution is 2.53. The number of halogens is 1. The van der Waals surface area contributed by atoms with E-state index in [1.807, 2.05) is 74.1 Å². The summed E-state index contributed by atoms with van der Waals surface area (Å²) >= 11 is 8.04. The lowest BCUT2D eigenvalue weighted by Crippen LogP contribution is -2.27. The van der Waals surface area contributed by atoms with E-state index in [2.05, 4.69) is 49.4 Å². The van der Waals surface area contributed by atoms with Crippen molar-refractivity contribution >= 4 is 52.4 Å². The second-order valence-corrected chi connectivity index (χ2v) is 16.6. The van der Waals surface area contributed by atoms with Gasteiger partial charge in [-0.25, -0.2) is 4.98 Å². The molecule has 6 rings (SSSR count). The summed E-state index contributed by atoms with van der Waals surface area (Å²) in [4.78, 5) is 16.2. The molecule has 4 N–H and O–H groups in total. The van der Waals surface area contributed by atoms with Crippen molar-refractivity contribution in [1.29, 1.82) is 0 Å². The Morgan fingerprint density at radius 2 is 1.76 bits per heavy atom. The number of aryl methyl sites for hydroxylation is 1. The van der Waals surface area contributed by atoms with E-state index in [4.69, 9.17) is 22.3 Å². The zero-order valence-electron chi connectivity index (χ0n) is 29.8. The van der Waals surface area contributed by atoms with Crippen LogP contribution < -0.4 is 5.73 Å². The minimum Gasteiger partial charge on any atom is -0.481 e. The van der Waals surface area contributed by atoms with E-state index in [0.717, 1.165) is 70.6 Å². The van der Waals surface area contributed by atoms with E-state index in [1.165, 1.54) is 37.7 Å². The molecule has 2 saturated carbocycles. The third-order valence-electron chi connectivity index (χ3n) is 10.2. The molecule has 2 aliphatic carbocycles. The first-order valence-electron chi connectivity index (χ1n) is 18.1. The number of benzene rings is 3. The minimum atomic E-state index is -0.911. The highest BCUT2D eigenvalue weighted by atomic mass is 35.5. The van der Waals surface area contributed by atoms with Gasteiger partial charge in [0.25, 0.3) is 0 Å². The smallest absolute Gasteiger partial charge is 0.303 e. The van der Waals surface area contributed by atoms with Gasteiger partial charge in [0.1, 0.15) is 0 Å². The highest BCUT2D eigenvalue weighted by molar-refractivity contribution is 7.99. The Morgan fingerprint density at radius 1 is 1.02 bits per heavy atom. The number of fused-ring (bicyclic) bond motifs is 1. The molecule has 3 aromatic carbocycles. The number of aliphatic carboxylic acids is 1. The molecule has 5 nitrogen and oxygen atoms in total. The highest BCUT2D eigenvalue weighted by Gasteiger charge is 2.44. The first-order chi connectivity index (χ1) is 23.9. The Morgan fingerprint density at radius 3 is 2.44 bits per heavy atom. The van der Waals surface area contributed by atoms with Crippen LogP contribution in [-0.2, 0) is 16.8 Å². The summed E-state index contributed by atoms with van der Waals surface area (Å²) in [6.07, 6.45) is 15.0. The maximum atomic E-state index is 11.5. The van der Waals surface area contributed by atoms with Crippen LogP contribution in [0.5, 0.6) is 0 Å². The number of aromatic nitrogens is 1. The summed E-state index contributed by atoms with van der Waals surface area (Å²) in [5, 5.41) is 22.1. The van der Waals surface area contributed by atoms with Gasteiger partial charge in [-0.05, 0) is 117 Å². The number of nitrogens with two attached hydrogens (primary N) is 1. The summed E-state index contributed by atoms with van der Waals surface area (Å²) in [6, 6.07) is 26.9. The molecule has 0 unspecified atom stereocenters. The monoisotopic (exact) mass is 712 g/mol. The number of carboxylic acids is 1. The molecule has 0 amide bonds. The summed E-state index contributed by atoms with van der Waals surface area (Å²) < 4.78 is 0. The van der Waals surface area contributed by atoms with E-state index in [-0.39, 0.29) is 17.1 Å². The van der Waals surface area contributed by atoms with Crippen molar-refractivity contribution in [3.8, 4) is 0 Å². The van der Waals surface area contributed by atoms with Crippen molar-refractivity contribution in [2.24, 2.45) is 17.1 Å². The zero-order chi connectivity index (χ0) is 35.7. The van der Waals surface area contributed by atoms with Gasteiger partial charge in [0.15, 0.2) is 0 Å². The Hall–Kier alpha value is -3.16. The standard InChI is InChI=1S/C35H36ClNO3S.C8H17N/c1-34(2,40)30-9-4-3-7-25(30)13-17-32(41-23-35(18-19-35)22-33(38)39)27-8-5-6-24(20-27)10-15-29-16-12-26-11-14-28(36)21-31(26)37-29;1-7(9)8-5-3-2-4-6-8/h3-12,14-16,20-21,32,40H,13,17-19,22-23H2,1-2H3,(H,38,39);7-8H,2-6,9H2,1H3/b15-10+;/t32-;7-/m10/s1. The average molecular weight is 713 g/mol. The Kier molecular flexibility index (Phi) is 13.2. The van der Waals surface area contributed by atoms with Gasteiger partial charge in [-0.1, -0.05) is 97.6 Å². The molecule has 1 heterocycles. The van der Waals surface area contributed by atoms with Gasteiger partial charge in [-0.3, -0.25) is 4.79 Å². The van der Waals surface area contributed by atoms with E-state index >= 15 is 0 Å². The van der Waals surface area contributed by atoms with Crippen LogP contribution in [0, 0.1) is 11.3 Å². The quantitative estimate of drug-likeness (QED) is 0.128. The molecular formula is C43H53ClN2O3S. The first kappa shape index (κ1) is 38.1. The van der Waals surface area contributed by atoms with Crippen LogP contribution in [0.1, 0.15) is 112 Å². The van der Waals surface area contributed by atoms with Crippen LogP contribution in [-0.4, -0.2) is 33.0 Å². The fourth-order valence-corrected chi connectivity index (χ4v) is 8.75. The van der Waals surface area contributed by atoms with Crippen molar-refractivity contribution in [3.05, 3.63) is 112 Å². The number of carboxylic acid groups (broad SMARTS) is 1. The van der Waals surface area contributed by atoms with Crippen molar-refractivity contribution in [2.75, 3.05) is 5.75 Å². The number of aliphatic hydroxyl groups is 1. The van der Waals surface area contributed by atoms with Crippen LogP contribution in [0.25, 0.3) is 23.1 Å². The third-order valence-corrected chi connectivity index (χ3v) is 12.1. The van der Waals surface area contributed by atoms with Crippen LogP contribution in [0.3, 0.4) is 0 Å². The van der Waals surface area contributed by atoms with Crippen molar-refractivity contribution in [1.82, 2.24) is 4.98 Å². The molecule has 4 aromatic rings. The summed E-state index contributed by atoms with van der Waals surface area (Å²) in [6.45, 7) is 5.79. The fraction of sp³-hybridized carbons (Fsp3) is 0.442. The minimum absolute atomic E-state index is 0.0814. The molecule has 0 spiro atoms. The average Bonchev–Trinajstić information content (AvgIpc) is 3.86. The number of pyridine rings is 1. The van der Waals surface area contributed by atoms with Crippen LogP contribution >= 0.6 is 23.4 Å². The molecule has 50 heavy (non-hydrogen) atoms. The van der Waals surface area contributed by atoms with Gasteiger partial charge in [-0.15, -0.1) is 0 Å². The second kappa shape index (κ2) is 17.4. The third kappa shape index (κ3) is 11.2. The number of hydrogen-bond donors (Lipinski definition) is 3. The van der Waals surface area contributed by atoms with Crippen molar-refractivity contribution in [3.63, 3.8) is 0 Å². The first-order valence-corrected chi connectivity index (χ1v) is 19.6. The van der Waals surface area contributed by atoms with E-state index in [9.17, 15) is 15.0 Å². The molecule has 2 atom stereocenters. The predicted octanol–water partition coefficient (Wildman–Crippen LogP) is 10.9. The maximum Gasteiger partial charge on any atom is 0.303 e. The van der Waals surface area contributed by atoms with Gasteiger partial charge in [0.2, 0.25) is 0 Å². The normalized spacial score (nSPS) is 17.2. The lowest BCUT2D eigenvalue weighted by Gasteiger charge is -2.24. The summed E-state index contributed by atoms with van der Waals surface area (Å²) in [5.41, 5.74) is 10.9. The zero-order valence-corrected chi connectivity index (χ0v) is 31.4. The molecule has 2 aliphatic rings. The molecule has 0 bridgehead atoms. The molecule has 1 aromatic heterocycles. The van der Waals surface area contributed by atoms with Crippen LogP contribution in [0.4, 0.5) is 0 Å². The van der Waals surface area contributed by atoms with Crippen molar-refractivity contribution in [2.45, 2.75) is 102 Å². The second-order valence-electron chi connectivity index (χ2n) is 15.0. The Bertz CT molecular complexity index is 1750. The SMILES string of the molecule is CC(C)(O)c1ccccc1CC[C@@H](SCC1(CC(=O)O)CC1)c1cccc(/C=C/c2ccc3ccc(Cl)cc3n2)c1.C[C@H](N)C1CCCCC1.